The highest BCUT2D eigenvalue weighted by molar-refractivity contribution is 5.69. The molecule has 0 aliphatic heterocycles. The monoisotopic (exact) mass is 276 g/mol. The maximum Gasteiger partial charge on any atom is 0.127 e. The SMILES string of the molecule is C=C(COCC(C)C)c1ccc(C)cc1OCC(C)C. The van der Waals surface area contributed by atoms with Gasteiger partial charge < -0.3 is 9.47 Å². The second-order valence-corrected chi connectivity index (χ2v) is 6.22. The molecule has 2 nitrogen and oxygen atoms in total. The maximum absolute atomic E-state index is 5.91. The smallest absolute Gasteiger partial charge is 0.127 e. The van der Waals surface area contributed by atoms with Gasteiger partial charge in [0.15, 0.2) is 0 Å². The first-order valence-corrected chi connectivity index (χ1v) is 7.39. The van der Waals surface area contributed by atoms with Crippen LogP contribution < -0.4 is 4.74 Å². The van der Waals surface area contributed by atoms with Gasteiger partial charge in [-0.1, -0.05) is 46.4 Å². The van der Waals surface area contributed by atoms with Crippen LogP contribution in [0.15, 0.2) is 24.8 Å². The highest BCUT2D eigenvalue weighted by atomic mass is 16.5. The zero-order valence-corrected chi connectivity index (χ0v) is 13.5. The van der Waals surface area contributed by atoms with E-state index in [1.54, 1.807) is 0 Å². The molecular weight excluding hydrogens is 248 g/mol. The van der Waals surface area contributed by atoms with E-state index in [2.05, 4.69) is 59.4 Å². The van der Waals surface area contributed by atoms with Crippen molar-refractivity contribution in [1.82, 2.24) is 0 Å². The highest BCUT2D eigenvalue weighted by Crippen LogP contribution is 2.27. The van der Waals surface area contributed by atoms with Gasteiger partial charge in [-0.2, -0.15) is 0 Å². The van der Waals surface area contributed by atoms with Gasteiger partial charge in [0.05, 0.1) is 13.2 Å². The van der Waals surface area contributed by atoms with Crippen LogP contribution in [-0.2, 0) is 4.74 Å². The van der Waals surface area contributed by atoms with E-state index in [0.717, 1.165) is 30.1 Å². The normalized spacial score (nSPS) is 11.2. The van der Waals surface area contributed by atoms with Crippen LogP contribution in [0.2, 0.25) is 0 Å². The lowest BCUT2D eigenvalue weighted by Gasteiger charge is -2.16. The summed E-state index contributed by atoms with van der Waals surface area (Å²) in [5.74, 6) is 1.96. The first-order chi connectivity index (χ1) is 9.40. The number of aryl methyl sites for hydroxylation is 1. The summed E-state index contributed by atoms with van der Waals surface area (Å²) >= 11 is 0. The van der Waals surface area contributed by atoms with Crippen molar-refractivity contribution >= 4 is 5.57 Å². The first-order valence-electron chi connectivity index (χ1n) is 7.39. The molecule has 0 heterocycles. The molecule has 112 valence electrons. The molecule has 0 aliphatic rings. The Balaban J connectivity index is 2.74. The van der Waals surface area contributed by atoms with Gasteiger partial charge in [-0.25, -0.2) is 0 Å². The van der Waals surface area contributed by atoms with Crippen molar-refractivity contribution in [2.45, 2.75) is 34.6 Å². The van der Waals surface area contributed by atoms with Crippen molar-refractivity contribution < 1.29 is 9.47 Å². The summed E-state index contributed by atoms with van der Waals surface area (Å²) in [5.41, 5.74) is 3.23. The summed E-state index contributed by atoms with van der Waals surface area (Å²) in [7, 11) is 0. The average molecular weight is 276 g/mol. The molecule has 0 N–H and O–H groups in total. The number of hydrogen-bond donors (Lipinski definition) is 0. The second-order valence-electron chi connectivity index (χ2n) is 6.22. The molecule has 0 fully saturated rings. The molecule has 1 aromatic rings. The van der Waals surface area contributed by atoms with Crippen LogP contribution >= 0.6 is 0 Å². The summed E-state index contributed by atoms with van der Waals surface area (Å²) in [4.78, 5) is 0. The molecule has 0 unspecified atom stereocenters. The highest BCUT2D eigenvalue weighted by Gasteiger charge is 2.09. The van der Waals surface area contributed by atoms with E-state index in [0.29, 0.717) is 18.4 Å². The lowest BCUT2D eigenvalue weighted by molar-refractivity contribution is 0.139. The molecular formula is C18H28O2. The number of benzene rings is 1. The molecule has 0 aromatic heterocycles. The van der Waals surface area contributed by atoms with E-state index in [1.807, 2.05) is 0 Å². The third-order valence-electron chi connectivity index (χ3n) is 2.82. The minimum atomic E-state index is 0.508. The Morgan fingerprint density at radius 1 is 1.10 bits per heavy atom. The molecule has 0 aliphatic carbocycles. The molecule has 20 heavy (non-hydrogen) atoms. The summed E-state index contributed by atoms with van der Waals surface area (Å²) in [6.07, 6.45) is 0. The standard InChI is InChI=1S/C18H28O2/c1-13(2)10-19-12-16(6)17-8-7-15(5)9-18(17)20-11-14(3)4/h7-9,13-14H,6,10-12H2,1-5H3. The van der Waals surface area contributed by atoms with Crippen LogP contribution in [0.3, 0.4) is 0 Å². The number of rotatable bonds is 8. The van der Waals surface area contributed by atoms with Gasteiger partial charge in [-0.3, -0.25) is 0 Å². The summed E-state index contributed by atoms with van der Waals surface area (Å²) in [6.45, 7) is 16.8. The van der Waals surface area contributed by atoms with E-state index in [1.165, 1.54) is 5.56 Å². The fraction of sp³-hybridized carbons (Fsp3) is 0.556. The van der Waals surface area contributed by atoms with Crippen molar-refractivity contribution in [2.24, 2.45) is 11.8 Å². The number of hydrogen-bond acceptors (Lipinski definition) is 2. The van der Waals surface area contributed by atoms with E-state index >= 15 is 0 Å². The van der Waals surface area contributed by atoms with Crippen LogP contribution in [0, 0.1) is 18.8 Å². The Bertz CT molecular complexity index is 433. The van der Waals surface area contributed by atoms with Gasteiger partial charge in [0.25, 0.3) is 0 Å². The first kappa shape index (κ1) is 16.8. The minimum absolute atomic E-state index is 0.508. The average Bonchev–Trinajstić information content (AvgIpc) is 2.35. The molecule has 0 spiro atoms. The summed E-state index contributed by atoms with van der Waals surface area (Å²) in [5, 5.41) is 0. The molecule has 1 aromatic carbocycles. The van der Waals surface area contributed by atoms with Crippen LogP contribution in [-0.4, -0.2) is 19.8 Å². The Morgan fingerprint density at radius 3 is 2.35 bits per heavy atom. The lowest BCUT2D eigenvalue weighted by Crippen LogP contribution is -2.08. The molecule has 2 heteroatoms. The predicted octanol–water partition coefficient (Wildman–Crippen LogP) is 4.72. The molecule has 0 radical (unpaired) electrons. The third kappa shape index (κ3) is 5.79. The minimum Gasteiger partial charge on any atom is -0.493 e. The molecule has 1 rings (SSSR count). The fourth-order valence-electron chi connectivity index (χ4n) is 1.79. The van der Waals surface area contributed by atoms with E-state index < -0.39 is 0 Å². The van der Waals surface area contributed by atoms with Gasteiger partial charge in [-0.15, -0.1) is 0 Å². The molecule has 0 amide bonds. The van der Waals surface area contributed by atoms with Gasteiger partial charge in [0, 0.05) is 12.2 Å². The van der Waals surface area contributed by atoms with Crippen molar-refractivity contribution in [2.75, 3.05) is 19.8 Å². The molecule has 0 saturated heterocycles. The Labute approximate surface area is 123 Å². The maximum atomic E-state index is 5.91. The van der Waals surface area contributed by atoms with Crippen molar-refractivity contribution in [3.63, 3.8) is 0 Å². The Kier molecular flexibility index (Phi) is 6.80. The van der Waals surface area contributed by atoms with E-state index in [4.69, 9.17) is 9.47 Å². The van der Waals surface area contributed by atoms with Crippen LogP contribution in [0.25, 0.3) is 5.57 Å². The van der Waals surface area contributed by atoms with Crippen LogP contribution in [0.4, 0.5) is 0 Å². The topological polar surface area (TPSA) is 18.5 Å². The van der Waals surface area contributed by atoms with Crippen LogP contribution in [0.1, 0.15) is 38.8 Å². The molecule has 0 saturated carbocycles. The zero-order valence-electron chi connectivity index (χ0n) is 13.5. The molecule has 0 bridgehead atoms. The van der Waals surface area contributed by atoms with Crippen molar-refractivity contribution in [3.05, 3.63) is 35.9 Å². The van der Waals surface area contributed by atoms with Crippen molar-refractivity contribution in [1.29, 1.82) is 0 Å². The van der Waals surface area contributed by atoms with E-state index in [-0.39, 0.29) is 0 Å². The van der Waals surface area contributed by atoms with Gasteiger partial charge in [0.1, 0.15) is 5.75 Å². The number of ether oxygens (including phenoxy) is 2. The van der Waals surface area contributed by atoms with E-state index in [9.17, 15) is 0 Å². The lowest BCUT2D eigenvalue weighted by atomic mass is 10.0. The predicted molar refractivity (Wildman–Crippen MR) is 86.2 cm³/mol. The summed E-state index contributed by atoms with van der Waals surface area (Å²) < 4.78 is 11.6. The largest absolute Gasteiger partial charge is 0.493 e. The Morgan fingerprint density at radius 2 is 1.75 bits per heavy atom. The third-order valence-corrected chi connectivity index (χ3v) is 2.82. The van der Waals surface area contributed by atoms with Gasteiger partial charge >= 0.3 is 0 Å². The summed E-state index contributed by atoms with van der Waals surface area (Å²) in [6, 6.07) is 6.24. The van der Waals surface area contributed by atoms with Crippen molar-refractivity contribution in [3.8, 4) is 5.75 Å². The quantitative estimate of drug-likeness (QED) is 0.684. The van der Waals surface area contributed by atoms with Crippen LogP contribution in [0.5, 0.6) is 5.75 Å². The zero-order chi connectivity index (χ0) is 15.1. The molecule has 0 atom stereocenters. The van der Waals surface area contributed by atoms with Gasteiger partial charge in [0.2, 0.25) is 0 Å². The Hall–Kier alpha value is -1.28. The van der Waals surface area contributed by atoms with Gasteiger partial charge in [-0.05, 0) is 36.0 Å². The second kappa shape index (κ2) is 8.11. The fourth-order valence-corrected chi connectivity index (χ4v) is 1.79.